The first-order valence-electron chi connectivity index (χ1n) is 6.80. The molecular weight excluding hydrogens is 258 g/mol. The van der Waals surface area contributed by atoms with E-state index in [1.807, 2.05) is 0 Å². The van der Waals surface area contributed by atoms with E-state index in [4.69, 9.17) is 0 Å². The van der Waals surface area contributed by atoms with Crippen LogP contribution >= 0.6 is 0 Å². The van der Waals surface area contributed by atoms with E-state index in [0.717, 1.165) is 25.9 Å². The second-order valence-electron chi connectivity index (χ2n) is 5.42. The number of H-pyrrole nitrogens is 1. The fourth-order valence-corrected chi connectivity index (χ4v) is 2.45. The Morgan fingerprint density at radius 3 is 2.75 bits per heavy atom. The predicted octanol–water partition coefficient (Wildman–Crippen LogP) is 0.598. The van der Waals surface area contributed by atoms with Crippen LogP contribution in [-0.2, 0) is 0 Å². The number of hydrogen-bond donors (Lipinski definition) is 1. The maximum absolute atomic E-state index is 12.4. The summed E-state index contributed by atoms with van der Waals surface area (Å²) in [6.45, 7) is 5.38. The molecular formula is C13H17N5O2. The quantitative estimate of drug-likeness (QED) is 0.826. The van der Waals surface area contributed by atoms with Crippen molar-refractivity contribution in [2.24, 2.45) is 5.92 Å². The minimum absolute atomic E-state index is 0.167. The fraction of sp³-hybridized carbons (Fsp3) is 0.538. The van der Waals surface area contributed by atoms with Crippen LogP contribution in [0.3, 0.4) is 0 Å². The molecule has 0 radical (unpaired) electrons. The highest BCUT2D eigenvalue weighted by Gasteiger charge is 2.24. The van der Waals surface area contributed by atoms with E-state index in [2.05, 4.69) is 22.0 Å². The van der Waals surface area contributed by atoms with Crippen LogP contribution in [0.15, 0.2) is 10.9 Å². The lowest BCUT2D eigenvalue weighted by Crippen LogP contribution is -2.38. The molecule has 2 aromatic heterocycles. The Kier molecular flexibility index (Phi) is 3.04. The van der Waals surface area contributed by atoms with Gasteiger partial charge in [-0.1, -0.05) is 6.92 Å². The van der Waals surface area contributed by atoms with E-state index in [1.165, 1.54) is 10.6 Å². The Morgan fingerprint density at radius 1 is 1.35 bits per heavy atom. The molecule has 1 fully saturated rings. The monoisotopic (exact) mass is 275 g/mol. The van der Waals surface area contributed by atoms with Crippen molar-refractivity contribution in [1.29, 1.82) is 0 Å². The Labute approximate surface area is 115 Å². The van der Waals surface area contributed by atoms with E-state index in [-0.39, 0.29) is 23.1 Å². The zero-order valence-electron chi connectivity index (χ0n) is 11.6. The van der Waals surface area contributed by atoms with Gasteiger partial charge in [0, 0.05) is 24.8 Å². The Hall–Kier alpha value is -2.18. The van der Waals surface area contributed by atoms with E-state index in [0.29, 0.717) is 11.6 Å². The van der Waals surface area contributed by atoms with Crippen LogP contribution in [-0.4, -0.2) is 43.5 Å². The lowest BCUT2D eigenvalue weighted by Gasteiger charge is -2.29. The van der Waals surface area contributed by atoms with E-state index >= 15 is 0 Å². The number of rotatable bonds is 1. The van der Waals surface area contributed by atoms with Crippen LogP contribution in [0.1, 0.15) is 36.1 Å². The van der Waals surface area contributed by atoms with Crippen LogP contribution in [0.2, 0.25) is 0 Å². The summed E-state index contributed by atoms with van der Waals surface area (Å²) in [5.74, 6) is 0.902. The molecule has 1 N–H and O–H groups in total. The fourth-order valence-electron chi connectivity index (χ4n) is 2.45. The summed E-state index contributed by atoms with van der Waals surface area (Å²) in [5, 5.41) is 2.74. The summed E-state index contributed by atoms with van der Waals surface area (Å²) in [6.07, 6.45) is 2.01. The molecule has 3 rings (SSSR count). The van der Waals surface area contributed by atoms with Crippen molar-refractivity contribution >= 4 is 11.7 Å². The van der Waals surface area contributed by atoms with Gasteiger partial charge in [0.2, 0.25) is 5.82 Å². The van der Waals surface area contributed by atoms with Crippen molar-refractivity contribution < 1.29 is 4.79 Å². The Morgan fingerprint density at radius 2 is 2.05 bits per heavy atom. The molecule has 1 saturated heterocycles. The Balaban J connectivity index is 1.92. The van der Waals surface area contributed by atoms with Crippen molar-refractivity contribution in [3.8, 4) is 0 Å². The number of carbonyl (C=O) groups is 1. The minimum Gasteiger partial charge on any atom is -0.336 e. The Bertz CT molecular complexity index is 709. The third-order valence-corrected chi connectivity index (χ3v) is 3.73. The van der Waals surface area contributed by atoms with Crippen molar-refractivity contribution in [1.82, 2.24) is 24.5 Å². The van der Waals surface area contributed by atoms with Gasteiger partial charge in [0.1, 0.15) is 0 Å². The van der Waals surface area contributed by atoms with Crippen molar-refractivity contribution in [3.05, 3.63) is 27.9 Å². The first-order chi connectivity index (χ1) is 9.54. The number of likely N-dealkylation sites (tertiary alicyclic amines) is 1. The number of piperidine rings is 1. The topological polar surface area (TPSA) is 83.4 Å². The molecule has 0 atom stereocenters. The van der Waals surface area contributed by atoms with Gasteiger partial charge in [0.25, 0.3) is 17.2 Å². The van der Waals surface area contributed by atoms with Crippen molar-refractivity contribution in [2.75, 3.05) is 13.1 Å². The van der Waals surface area contributed by atoms with Gasteiger partial charge in [0.05, 0.1) is 0 Å². The summed E-state index contributed by atoms with van der Waals surface area (Å²) >= 11 is 0. The third-order valence-electron chi connectivity index (χ3n) is 3.73. The zero-order valence-corrected chi connectivity index (χ0v) is 11.6. The summed E-state index contributed by atoms with van der Waals surface area (Å²) in [6, 6.07) is 1.40. The van der Waals surface area contributed by atoms with Gasteiger partial charge in [-0.2, -0.15) is 9.50 Å². The molecule has 7 heteroatoms. The summed E-state index contributed by atoms with van der Waals surface area (Å²) < 4.78 is 1.20. The van der Waals surface area contributed by atoms with Gasteiger partial charge in [-0.3, -0.25) is 14.7 Å². The molecule has 1 aliphatic rings. The molecule has 3 heterocycles. The lowest BCUT2D eigenvalue weighted by molar-refractivity contribution is 0.0685. The number of nitrogens with zero attached hydrogens (tertiary/aromatic N) is 4. The number of hydrogen-bond acceptors (Lipinski definition) is 4. The standard InChI is InChI=1S/C13H17N5O2/c1-8-3-5-17(6-4-8)12(20)11-15-13-14-9(2)7-10(19)18(13)16-11/h7-8H,3-6H2,1-2H3,(H,14,15,16). The van der Waals surface area contributed by atoms with Gasteiger partial charge in [-0.25, -0.2) is 4.98 Å². The normalized spacial score (nSPS) is 16.8. The van der Waals surface area contributed by atoms with Crippen molar-refractivity contribution in [3.63, 3.8) is 0 Å². The van der Waals surface area contributed by atoms with Gasteiger partial charge >= 0.3 is 0 Å². The van der Waals surface area contributed by atoms with Crippen LogP contribution < -0.4 is 5.56 Å². The highest BCUT2D eigenvalue weighted by atomic mass is 16.2. The van der Waals surface area contributed by atoms with Crippen LogP contribution in [0.25, 0.3) is 5.78 Å². The average molecular weight is 275 g/mol. The summed E-state index contributed by atoms with van der Waals surface area (Å²) in [7, 11) is 0. The van der Waals surface area contributed by atoms with Gasteiger partial charge < -0.3 is 4.90 Å². The molecule has 0 saturated carbocycles. The molecule has 7 nitrogen and oxygen atoms in total. The van der Waals surface area contributed by atoms with Crippen LogP contribution in [0.5, 0.6) is 0 Å². The van der Waals surface area contributed by atoms with Crippen molar-refractivity contribution in [2.45, 2.75) is 26.7 Å². The maximum Gasteiger partial charge on any atom is 0.291 e. The number of nitrogens with one attached hydrogen (secondary N) is 1. The molecule has 2 aromatic rings. The van der Waals surface area contributed by atoms with E-state index < -0.39 is 0 Å². The molecule has 0 unspecified atom stereocenters. The van der Waals surface area contributed by atoms with E-state index in [1.54, 1.807) is 11.8 Å². The van der Waals surface area contributed by atoms with Crippen LogP contribution in [0, 0.1) is 12.8 Å². The van der Waals surface area contributed by atoms with Gasteiger partial charge in [-0.05, 0) is 25.7 Å². The predicted molar refractivity (Wildman–Crippen MR) is 72.6 cm³/mol. The highest BCUT2D eigenvalue weighted by molar-refractivity contribution is 5.90. The molecule has 0 spiro atoms. The number of amides is 1. The first-order valence-corrected chi connectivity index (χ1v) is 6.80. The maximum atomic E-state index is 12.4. The van der Waals surface area contributed by atoms with E-state index in [9.17, 15) is 9.59 Å². The largest absolute Gasteiger partial charge is 0.336 e. The SMILES string of the molecule is Cc1cc(=O)n2[nH]c(C(=O)N3CCC(C)CC3)nc2n1. The molecule has 0 bridgehead atoms. The molecule has 0 aromatic carbocycles. The number of fused-ring (bicyclic) bond motifs is 1. The lowest BCUT2D eigenvalue weighted by atomic mass is 9.99. The molecule has 0 aliphatic carbocycles. The first kappa shape index (κ1) is 12.8. The van der Waals surface area contributed by atoms with Gasteiger partial charge in [-0.15, -0.1) is 0 Å². The second kappa shape index (κ2) is 4.73. The second-order valence-corrected chi connectivity index (χ2v) is 5.42. The highest BCUT2D eigenvalue weighted by Crippen LogP contribution is 2.17. The molecule has 1 aliphatic heterocycles. The van der Waals surface area contributed by atoms with Gasteiger partial charge in [0.15, 0.2) is 0 Å². The summed E-state index contributed by atoms with van der Waals surface area (Å²) in [5.41, 5.74) is 0.332. The average Bonchev–Trinajstić information content (AvgIpc) is 2.83. The molecule has 20 heavy (non-hydrogen) atoms. The number of carbonyl (C=O) groups excluding carboxylic acids is 1. The van der Waals surface area contributed by atoms with Crippen LogP contribution in [0.4, 0.5) is 0 Å². The minimum atomic E-state index is -0.258. The number of aromatic nitrogens is 4. The number of aromatic amines is 1. The molecule has 106 valence electrons. The molecule has 1 amide bonds. The third kappa shape index (κ3) is 2.19. The number of aryl methyl sites for hydroxylation is 1. The summed E-state index contributed by atoms with van der Waals surface area (Å²) in [4.78, 5) is 34.2. The smallest absolute Gasteiger partial charge is 0.291 e. The zero-order chi connectivity index (χ0) is 14.3.